The Balaban J connectivity index is 0.00000272. The number of halogens is 3. The van der Waals surface area contributed by atoms with E-state index in [4.69, 9.17) is 0 Å². The van der Waals surface area contributed by atoms with Gasteiger partial charge in [0.05, 0.1) is 14.9 Å². The van der Waals surface area contributed by atoms with Gasteiger partial charge in [-0.2, -0.15) is 0 Å². The molecular weight excluding hydrogens is 462 g/mol. The topological polar surface area (TPSA) is 49.3 Å². The zero-order valence-electron chi connectivity index (χ0n) is 17.0. The van der Waals surface area contributed by atoms with Gasteiger partial charge in [0.25, 0.3) is 5.91 Å². The van der Waals surface area contributed by atoms with Gasteiger partial charge in [-0.15, -0.1) is 23.7 Å². The fraction of sp³-hybridized carbons (Fsp3) is 0.286. The molecule has 2 heterocycles. The van der Waals surface area contributed by atoms with E-state index in [0.29, 0.717) is 27.9 Å². The summed E-state index contributed by atoms with van der Waals surface area (Å²) >= 11 is 2.42. The largest absolute Gasteiger partial charge is 0.302 e. The maximum Gasteiger partial charge on any atom is 0.289 e. The van der Waals surface area contributed by atoms with Crippen LogP contribution in [0.1, 0.15) is 23.6 Å². The monoisotopic (exact) mass is 482 g/mol. The molecule has 2 aromatic heterocycles. The summed E-state index contributed by atoms with van der Waals surface area (Å²) in [6.45, 7) is 6.81. The number of nitrogens with zero attached hydrogens (tertiary/aromatic N) is 4. The third kappa shape index (κ3) is 4.85. The Morgan fingerprint density at radius 2 is 1.74 bits per heavy atom. The van der Waals surface area contributed by atoms with Crippen LogP contribution in [-0.2, 0) is 0 Å². The molecule has 1 amide bonds. The molecule has 0 aliphatic carbocycles. The number of likely N-dealkylation sites (N-methyl/N-ethyl adjacent to an activating group) is 1. The summed E-state index contributed by atoms with van der Waals surface area (Å²) in [5, 5.41) is 0.688. The van der Waals surface area contributed by atoms with E-state index in [1.807, 2.05) is 24.3 Å². The van der Waals surface area contributed by atoms with Crippen molar-refractivity contribution in [3.63, 3.8) is 0 Å². The predicted molar refractivity (Wildman–Crippen MR) is 126 cm³/mol. The lowest BCUT2D eigenvalue weighted by molar-refractivity contribution is 0.0983. The summed E-state index contributed by atoms with van der Waals surface area (Å²) < 4.78 is 29.1. The highest BCUT2D eigenvalue weighted by molar-refractivity contribution is 7.23. The van der Waals surface area contributed by atoms with Gasteiger partial charge in [0.1, 0.15) is 11.3 Å². The summed E-state index contributed by atoms with van der Waals surface area (Å²) in [4.78, 5) is 25.9. The number of aromatic nitrogens is 2. The maximum atomic E-state index is 14.2. The number of para-hydroxylation sites is 1. The van der Waals surface area contributed by atoms with E-state index in [0.717, 1.165) is 40.7 Å². The first-order chi connectivity index (χ1) is 14.5. The second-order valence-electron chi connectivity index (χ2n) is 6.70. The maximum absolute atomic E-state index is 14.2. The Morgan fingerprint density at radius 1 is 1.00 bits per heavy atom. The van der Waals surface area contributed by atoms with Crippen LogP contribution in [0.3, 0.4) is 0 Å². The Morgan fingerprint density at radius 3 is 2.45 bits per heavy atom. The Hall–Kier alpha value is -2.20. The molecule has 0 spiro atoms. The van der Waals surface area contributed by atoms with Crippen molar-refractivity contribution < 1.29 is 13.6 Å². The molecular formula is C21H21ClF2N4OS2. The number of benzene rings is 2. The highest BCUT2D eigenvalue weighted by Gasteiger charge is 2.25. The van der Waals surface area contributed by atoms with E-state index < -0.39 is 11.6 Å². The zero-order chi connectivity index (χ0) is 21.3. The summed E-state index contributed by atoms with van der Waals surface area (Å²) in [6.07, 6.45) is 0. The molecule has 0 radical (unpaired) electrons. The van der Waals surface area contributed by atoms with Crippen LogP contribution in [0.2, 0.25) is 0 Å². The second kappa shape index (κ2) is 9.95. The first-order valence-corrected chi connectivity index (χ1v) is 11.3. The number of fused-ring (bicyclic) bond motifs is 2. The van der Waals surface area contributed by atoms with E-state index in [-0.39, 0.29) is 23.8 Å². The molecule has 0 bridgehead atoms. The van der Waals surface area contributed by atoms with Crippen LogP contribution >= 0.6 is 35.1 Å². The normalized spacial score (nSPS) is 11.3. The van der Waals surface area contributed by atoms with Crippen molar-refractivity contribution in [3.05, 3.63) is 53.0 Å². The van der Waals surface area contributed by atoms with Crippen molar-refractivity contribution in [3.8, 4) is 0 Å². The van der Waals surface area contributed by atoms with E-state index in [9.17, 15) is 13.6 Å². The molecule has 0 fully saturated rings. The number of rotatable bonds is 7. The van der Waals surface area contributed by atoms with Gasteiger partial charge in [0, 0.05) is 19.2 Å². The van der Waals surface area contributed by atoms with Crippen molar-refractivity contribution in [2.24, 2.45) is 0 Å². The molecule has 31 heavy (non-hydrogen) atoms. The van der Waals surface area contributed by atoms with Gasteiger partial charge in [-0.1, -0.05) is 37.3 Å². The molecule has 5 nitrogen and oxygen atoms in total. The molecule has 10 heteroatoms. The summed E-state index contributed by atoms with van der Waals surface area (Å²) in [6, 6.07) is 9.60. The highest BCUT2D eigenvalue weighted by atomic mass is 35.5. The molecule has 4 aromatic rings. The van der Waals surface area contributed by atoms with Crippen LogP contribution in [-0.4, -0.2) is 47.0 Å². The van der Waals surface area contributed by atoms with E-state index in [1.54, 1.807) is 0 Å². The smallest absolute Gasteiger partial charge is 0.289 e. The minimum Gasteiger partial charge on any atom is -0.302 e. The van der Waals surface area contributed by atoms with Crippen molar-refractivity contribution in [2.75, 3.05) is 31.1 Å². The molecule has 0 N–H and O–H groups in total. The van der Waals surface area contributed by atoms with Crippen LogP contribution < -0.4 is 4.90 Å². The average Bonchev–Trinajstić information content (AvgIpc) is 3.35. The fourth-order valence-electron chi connectivity index (χ4n) is 3.21. The lowest BCUT2D eigenvalue weighted by Gasteiger charge is -2.24. The Bertz CT molecular complexity index is 1180. The minimum absolute atomic E-state index is 0. The van der Waals surface area contributed by atoms with E-state index in [2.05, 4.69) is 28.7 Å². The molecule has 164 valence electrons. The van der Waals surface area contributed by atoms with Crippen molar-refractivity contribution in [2.45, 2.75) is 13.8 Å². The van der Waals surface area contributed by atoms with Gasteiger partial charge in [0.2, 0.25) is 0 Å². The van der Waals surface area contributed by atoms with Crippen molar-refractivity contribution >= 4 is 66.6 Å². The SMILES string of the molecule is CCN(CC)CCN(C(=O)c1nc2ccccc2s1)c1nc2c(F)cc(F)cc2s1.Cl. The van der Waals surface area contributed by atoms with Crippen LogP contribution in [0, 0.1) is 11.6 Å². The van der Waals surface area contributed by atoms with Crippen LogP contribution in [0.5, 0.6) is 0 Å². The second-order valence-corrected chi connectivity index (χ2v) is 8.74. The zero-order valence-corrected chi connectivity index (χ0v) is 19.4. The van der Waals surface area contributed by atoms with Gasteiger partial charge >= 0.3 is 0 Å². The number of carbonyl (C=O) groups is 1. The van der Waals surface area contributed by atoms with E-state index in [1.165, 1.54) is 22.3 Å². The quantitative estimate of drug-likeness (QED) is 0.344. The number of hydrogen-bond donors (Lipinski definition) is 0. The molecule has 4 rings (SSSR count). The van der Waals surface area contributed by atoms with Crippen LogP contribution in [0.15, 0.2) is 36.4 Å². The molecule has 0 saturated heterocycles. The van der Waals surface area contributed by atoms with Crippen LogP contribution in [0.25, 0.3) is 20.4 Å². The first kappa shape index (κ1) is 23.5. The lowest BCUT2D eigenvalue weighted by Crippen LogP contribution is -2.38. The minimum atomic E-state index is -0.733. The third-order valence-corrected chi connectivity index (χ3v) is 6.94. The van der Waals surface area contributed by atoms with E-state index >= 15 is 0 Å². The Kier molecular flexibility index (Phi) is 7.53. The first-order valence-electron chi connectivity index (χ1n) is 9.65. The molecule has 0 aliphatic heterocycles. The molecule has 2 aromatic carbocycles. The fourth-order valence-corrected chi connectivity index (χ4v) is 5.15. The standard InChI is InChI=1S/C21H20F2N4OS2.ClH/c1-3-26(4-2)9-10-27(20(28)19-24-15-7-5-6-8-16(15)29-19)21-25-18-14(23)11-13(22)12-17(18)30-21;/h5-8,11-12H,3-4,9-10H2,1-2H3;1H. The Labute approximate surface area is 192 Å². The van der Waals surface area contributed by atoms with Crippen LogP contribution in [0.4, 0.5) is 13.9 Å². The number of amides is 1. The van der Waals surface area contributed by atoms with Gasteiger partial charge in [-0.3, -0.25) is 9.69 Å². The number of hydrogen-bond acceptors (Lipinski definition) is 6. The number of thiazole rings is 2. The molecule has 0 atom stereocenters. The summed E-state index contributed by atoms with van der Waals surface area (Å²) in [5.74, 6) is -1.69. The van der Waals surface area contributed by atoms with Gasteiger partial charge in [-0.25, -0.2) is 18.7 Å². The summed E-state index contributed by atoms with van der Waals surface area (Å²) in [7, 11) is 0. The van der Waals surface area contributed by atoms with Gasteiger partial charge in [-0.05, 0) is 31.3 Å². The predicted octanol–water partition coefficient (Wildman–Crippen LogP) is 5.59. The molecule has 0 saturated carbocycles. The van der Waals surface area contributed by atoms with Gasteiger partial charge in [0.15, 0.2) is 16.0 Å². The highest BCUT2D eigenvalue weighted by Crippen LogP contribution is 2.33. The summed E-state index contributed by atoms with van der Waals surface area (Å²) in [5.41, 5.74) is 0.827. The lowest BCUT2D eigenvalue weighted by atomic mass is 10.3. The molecule has 0 unspecified atom stereocenters. The van der Waals surface area contributed by atoms with Crippen molar-refractivity contribution in [1.29, 1.82) is 0 Å². The third-order valence-electron chi connectivity index (χ3n) is 4.89. The molecule has 0 aliphatic rings. The number of anilines is 1. The van der Waals surface area contributed by atoms with Crippen molar-refractivity contribution in [1.82, 2.24) is 14.9 Å². The van der Waals surface area contributed by atoms with Gasteiger partial charge < -0.3 is 4.90 Å². The number of carbonyl (C=O) groups excluding carboxylic acids is 1. The average molecular weight is 483 g/mol.